The fourth-order valence-electron chi connectivity index (χ4n) is 4.51. The van der Waals surface area contributed by atoms with Gasteiger partial charge in [-0.25, -0.2) is 4.79 Å². The number of para-hydroxylation sites is 1. The number of urea groups is 1. The van der Waals surface area contributed by atoms with Crippen LogP contribution in [0.25, 0.3) is 0 Å². The predicted octanol–water partition coefficient (Wildman–Crippen LogP) is 4.57. The molecule has 2 aliphatic rings. The van der Waals surface area contributed by atoms with Gasteiger partial charge in [-0.2, -0.15) is 13.2 Å². The van der Waals surface area contributed by atoms with Gasteiger partial charge in [-0.05, 0) is 55.0 Å². The number of benzene rings is 2. The summed E-state index contributed by atoms with van der Waals surface area (Å²) in [6.07, 6.45) is -2.02. The predicted molar refractivity (Wildman–Crippen MR) is 115 cm³/mol. The van der Waals surface area contributed by atoms with Crippen LogP contribution in [0.4, 0.5) is 23.7 Å². The Bertz CT molecular complexity index is 945. The third-order valence-electron chi connectivity index (χ3n) is 6.30. The number of carbonyl (C=O) groups is 1. The zero-order chi connectivity index (χ0) is 22.7. The number of halogens is 3. The molecule has 0 bridgehead atoms. The summed E-state index contributed by atoms with van der Waals surface area (Å²) < 4.78 is 44.8. The van der Waals surface area contributed by atoms with Gasteiger partial charge >= 0.3 is 12.2 Å². The Morgan fingerprint density at radius 3 is 2.56 bits per heavy atom. The van der Waals surface area contributed by atoms with Crippen LogP contribution < -0.4 is 20.9 Å². The van der Waals surface area contributed by atoms with Gasteiger partial charge < -0.3 is 15.0 Å². The summed E-state index contributed by atoms with van der Waals surface area (Å²) in [5.74, 6) is 1.20. The van der Waals surface area contributed by atoms with E-state index in [0.29, 0.717) is 19.0 Å². The van der Waals surface area contributed by atoms with Crippen LogP contribution in [0.3, 0.4) is 0 Å². The summed E-state index contributed by atoms with van der Waals surface area (Å²) in [5.41, 5.74) is 6.84. The normalized spacial score (nSPS) is 22.1. The number of hydrogen-bond acceptors (Lipinski definition) is 4. The number of carbonyl (C=O) groups excluding carboxylic acids is 1. The summed E-state index contributed by atoms with van der Waals surface area (Å²) >= 11 is 0. The minimum Gasteiger partial charge on any atom is -0.497 e. The van der Waals surface area contributed by atoms with E-state index in [4.69, 9.17) is 4.74 Å². The molecule has 3 N–H and O–H groups in total. The smallest absolute Gasteiger partial charge is 0.418 e. The second-order valence-electron chi connectivity index (χ2n) is 8.26. The molecular formula is C23H27F3N4O2. The van der Waals surface area contributed by atoms with Crippen molar-refractivity contribution in [3.05, 3.63) is 59.7 Å². The molecule has 0 aliphatic carbocycles. The molecule has 2 heterocycles. The first-order chi connectivity index (χ1) is 15.3. The highest BCUT2D eigenvalue weighted by Gasteiger charge is 2.36. The van der Waals surface area contributed by atoms with Crippen LogP contribution in [-0.4, -0.2) is 37.2 Å². The summed E-state index contributed by atoms with van der Waals surface area (Å²) in [5, 5.41) is 2.44. The number of ether oxygens (including phenoxy) is 1. The minimum atomic E-state index is -4.52. The molecule has 0 aromatic heterocycles. The Morgan fingerprint density at radius 2 is 1.84 bits per heavy atom. The number of alkyl halides is 3. The van der Waals surface area contributed by atoms with Crippen molar-refractivity contribution < 1.29 is 22.7 Å². The Hall–Kier alpha value is -2.78. The van der Waals surface area contributed by atoms with Crippen molar-refractivity contribution in [3.8, 4) is 5.75 Å². The number of nitrogens with zero attached hydrogens (tertiary/aromatic N) is 1. The van der Waals surface area contributed by atoms with Crippen molar-refractivity contribution in [1.82, 2.24) is 15.8 Å². The molecular weight excluding hydrogens is 421 g/mol. The topological polar surface area (TPSA) is 65.6 Å². The zero-order valence-corrected chi connectivity index (χ0v) is 17.8. The highest BCUT2D eigenvalue weighted by molar-refractivity contribution is 5.90. The second kappa shape index (κ2) is 9.38. The molecule has 9 heteroatoms. The Labute approximate surface area is 185 Å². The molecule has 2 fully saturated rings. The molecule has 0 saturated carbocycles. The molecule has 0 radical (unpaired) electrons. The van der Waals surface area contributed by atoms with Gasteiger partial charge in [-0.15, -0.1) is 0 Å². The number of anilines is 1. The lowest BCUT2D eigenvalue weighted by molar-refractivity contribution is -0.136. The number of methoxy groups -OCH3 is 1. The molecule has 2 aromatic carbocycles. The van der Waals surface area contributed by atoms with E-state index in [2.05, 4.69) is 22.2 Å². The van der Waals surface area contributed by atoms with Crippen LogP contribution in [0.2, 0.25) is 0 Å². The third kappa shape index (κ3) is 4.99. The van der Waals surface area contributed by atoms with E-state index < -0.39 is 17.8 Å². The van der Waals surface area contributed by atoms with Gasteiger partial charge in [0.25, 0.3) is 0 Å². The molecule has 6 nitrogen and oxygen atoms in total. The van der Waals surface area contributed by atoms with Crippen LogP contribution >= 0.6 is 0 Å². The Morgan fingerprint density at radius 1 is 1.09 bits per heavy atom. The van der Waals surface area contributed by atoms with E-state index in [0.717, 1.165) is 36.6 Å². The molecule has 2 aliphatic heterocycles. The Balaban J connectivity index is 1.31. The molecule has 32 heavy (non-hydrogen) atoms. The van der Waals surface area contributed by atoms with Crippen molar-refractivity contribution in [2.24, 2.45) is 5.92 Å². The first kappa shape index (κ1) is 22.4. The fraction of sp³-hybridized carbons (Fsp3) is 0.435. The van der Waals surface area contributed by atoms with E-state index in [1.807, 2.05) is 18.2 Å². The van der Waals surface area contributed by atoms with Crippen molar-refractivity contribution in [3.63, 3.8) is 0 Å². The average molecular weight is 448 g/mol. The molecule has 4 rings (SSSR count). The van der Waals surface area contributed by atoms with Gasteiger partial charge in [0.1, 0.15) is 5.75 Å². The summed E-state index contributed by atoms with van der Waals surface area (Å²) in [4.78, 5) is 14.2. The highest BCUT2D eigenvalue weighted by atomic mass is 19.4. The molecule has 2 unspecified atom stereocenters. The average Bonchev–Trinajstić information content (AvgIpc) is 3.29. The van der Waals surface area contributed by atoms with Gasteiger partial charge in [0, 0.05) is 25.2 Å². The van der Waals surface area contributed by atoms with E-state index >= 15 is 0 Å². The van der Waals surface area contributed by atoms with E-state index in [1.165, 1.54) is 18.2 Å². The van der Waals surface area contributed by atoms with Gasteiger partial charge in [-0.3, -0.25) is 10.9 Å². The Kier molecular flexibility index (Phi) is 6.57. The van der Waals surface area contributed by atoms with Crippen LogP contribution in [-0.2, 0) is 6.18 Å². The van der Waals surface area contributed by atoms with Crippen molar-refractivity contribution in [2.45, 2.75) is 37.5 Å². The SMILES string of the molecule is COc1cccc(C2CC(C3CCN(C(=O)Nc4ccccc4C(F)(F)F)CC3)NN2)c1. The summed E-state index contributed by atoms with van der Waals surface area (Å²) in [6.45, 7) is 1.01. The highest BCUT2D eigenvalue weighted by Crippen LogP contribution is 2.35. The van der Waals surface area contributed by atoms with Crippen molar-refractivity contribution in [2.75, 3.05) is 25.5 Å². The molecule has 172 valence electrons. The fourth-order valence-corrected chi connectivity index (χ4v) is 4.51. The van der Waals surface area contributed by atoms with Crippen molar-refractivity contribution in [1.29, 1.82) is 0 Å². The van der Waals surface area contributed by atoms with Gasteiger partial charge in [-0.1, -0.05) is 24.3 Å². The molecule has 2 aromatic rings. The number of hydrogen-bond donors (Lipinski definition) is 3. The van der Waals surface area contributed by atoms with Crippen molar-refractivity contribution >= 4 is 11.7 Å². The van der Waals surface area contributed by atoms with E-state index in [9.17, 15) is 18.0 Å². The van der Waals surface area contributed by atoms with Gasteiger partial charge in [0.15, 0.2) is 0 Å². The lowest BCUT2D eigenvalue weighted by Gasteiger charge is -2.34. The first-order valence-corrected chi connectivity index (χ1v) is 10.7. The summed E-state index contributed by atoms with van der Waals surface area (Å²) in [7, 11) is 1.65. The maximum Gasteiger partial charge on any atom is 0.418 e. The largest absolute Gasteiger partial charge is 0.497 e. The number of amides is 2. The maximum atomic E-state index is 13.2. The van der Waals surface area contributed by atoms with Crippen LogP contribution in [0.5, 0.6) is 5.75 Å². The second-order valence-corrected chi connectivity index (χ2v) is 8.26. The number of hydrazine groups is 1. The number of nitrogens with one attached hydrogen (secondary N) is 3. The third-order valence-corrected chi connectivity index (χ3v) is 6.30. The molecule has 2 atom stereocenters. The zero-order valence-electron chi connectivity index (χ0n) is 17.8. The van der Waals surface area contributed by atoms with Crippen LogP contribution in [0.15, 0.2) is 48.5 Å². The molecule has 0 spiro atoms. The van der Waals surface area contributed by atoms with Gasteiger partial charge in [0.05, 0.1) is 18.4 Å². The van der Waals surface area contributed by atoms with Crippen LogP contribution in [0.1, 0.15) is 36.4 Å². The van der Waals surface area contributed by atoms with Crippen LogP contribution in [0, 0.1) is 5.92 Å². The lowest BCUT2D eigenvalue weighted by atomic mass is 9.86. The summed E-state index contributed by atoms with van der Waals surface area (Å²) in [6, 6.07) is 13.0. The number of piperidine rings is 1. The lowest BCUT2D eigenvalue weighted by Crippen LogP contribution is -2.46. The minimum absolute atomic E-state index is 0.176. The monoisotopic (exact) mass is 448 g/mol. The number of likely N-dealkylation sites (tertiary alicyclic amines) is 1. The number of rotatable bonds is 4. The molecule has 2 amide bonds. The maximum absolute atomic E-state index is 13.2. The van der Waals surface area contributed by atoms with Gasteiger partial charge in [0.2, 0.25) is 0 Å². The first-order valence-electron chi connectivity index (χ1n) is 10.7. The standard InChI is InChI=1S/C23H27F3N4O2/c1-32-17-6-4-5-16(13-17)21-14-20(28-29-21)15-9-11-30(12-10-15)22(31)27-19-8-3-2-7-18(19)23(24,25)26/h2-8,13,15,20-21,28-29H,9-12,14H2,1H3,(H,27,31). The molecule has 2 saturated heterocycles. The van der Waals surface area contributed by atoms with E-state index in [1.54, 1.807) is 12.0 Å². The van der Waals surface area contributed by atoms with E-state index in [-0.39, 0.29) is 17.8 Å². The quantitative estimate of drug-likeness (QED) is 0.641.